The predicted octanol–water partition coefficient (Wildman–Crippen LogP) is 4.79. The van der Waals surface area contributed by atoms with E-state index in [1.165, 1.54) is 29.7 Å². The maximum atomic E-state index is 5.75. The minimum atomic E-state index is 0.398. The second kappa shape index (κ2) is 10.1. The molecule has 1 aromatic carbocycles. The van der Waals surface area contributed by atoms with Gasteiger partial charge in [0, 0.05) is 17.4 Å². The number of nitrogens with one attached hydrogen (secondary N) is 1. The summed E-state index contributed by atoms with van der Waals surface area (Å²) in [4.78, 5) is 0. The van der Waals surface area contributed by atoms with Gasteiger partial charge < -0.3 is 10.1 Å². The van der Waals surface area contributed by atoms with Gasteiger partial charge in [0.2, 0.25) is 0 Å². The van der Waals surface area contributed by atoms with Gasteiger partial charge in [0.25, 0.3) is 0 Å². The van der Waals surface area contributed by atoms with Crippen LogP contribution in [0, 0.1) is 0 Å². The van der Waals surface area contributed by atoms with Crippen LogP contribution in [0.1, 0.15) is 57.7 Å². The third kappa shape index (κ3) is 5.76. The zero-order chi connectivity index (χ0) is 14.8. The Balaban J connectivity index is 2.76. The minimum absolute atomic E-state index is 0.398. The summed E-state index contributed by atoms with van der Waals surface area (Å²) in [5, 5.41) is 3.47. The number of ether oxygens (including phenoxy) is 1. The van der Waals surface area contributed by atoms with Crippen LogP contribution in [0.25, 0.3) is 0 Å². The van der Waals surface area contributed by atoms with Gasteiger partial charge in [-0.05, 0) is 50.3 Å². The lowest BCUT2D eigenvalue weighted by molar-refractivity contribution is 0.337. The van der Waals surface area contributed by atoms with Crippen molar-refractivity contribution in [1.82, 2.24) is 5.32 Å². The second-order valence-electron chi connectivity index (χ2n) is 4.99. The zero-order valence-corrected chi connectivity index (χ0v) is 14.2. The number of benzene rings is 1. The van der Waals surface area contributed by atoms with E-state index in [4.69, 9.17) is 4.74 Å². The molecule has 0 heterocycles. The van der Waals surface area contributed by atoms with Crippen LogP contribution in [0.4, 0.5) is 0 Å². The van der Waals surface area contributed by atoms with E-state index >= 15 is 0 Å². The van der Waals surface area contributed by atoms with Gasteiger partial charge in [-0.2, -0.15) is 11.8 Å². The first-order valence-electron chi connectivity index (χ1n) is 7.79. The van der Waals surface area contributed by atoms with Gasteiger partial charge in [-0.3, -0.25) is 0 Å². The van der Waals surface area contributed by atoms with E-state index < -0.39 is 0 Å². The Morgan fingerprint density at radius 2 is 2.05 bits per heavy atom. The molecule has 0 aromatic heterocycles. The SMILES string of the molecule is CCCCSCc1cc(C(C)NCC)ccc1OCC. The molecule has 3 heteroatoms. The molecule has 1 aromatic rings. The van der Waals surface area contributed by atoms with Gasteiger partial charge in [0.05, 0.1) is 6.61 Å². The molecule has 0 bridgehead atoms. The highest BCUT2D eigenvalue weighted by Gasteiger charge is 2.09. The third-order valence-electron chi connectivity index (χ3n) is 3.29. The van der Waals surface area contributed by atoms with Crippen molar-refractivity contribution in [3.8, 4) is 5.75 Å². The van der Waals surface area contributed by atoms with Crippen molar-refractivity contribution in [2.24, 2.45) is 0 Å². The van der Waals surface area contributed by atoms with Crippen molar-refractivity contribution in [2.45, 2.75) is 52.3 Å². The average molecular weight is 295 g/mol. The van der Waals surface area contributed by atoms with Crippen molar-refractivity contribution < 1.29 is 4.74 Å². The molecule has 1 rings (SSSR count). The lowest BCUT2D eigenvalue weighted by Gasteiger charge is -2.16. The molecule has 0 saturated heterocycles. The van der Waals surface area contributed by atoms with Gasteiger partial charge in [-0.1, -0.05) is 26.3 Å². The molecule has 0 aliphatic heterocycles. The molecule has 0 radical (unpaired) electrons. The summed E-state index contributed by atoms with van der Waals surface area (Å²) in [6, 6.07) is 7.01. The van der Waals surface area contributed by atoms with Gasteiger partial charge in [0.1, 0.15) is 5.75 Å². The van der Waals surface area contributed by atoms with E-state index in [0.29, 0.717) is 6.04 Å². The van der Waals surface area contributed by atoms with Crippen LogP contribution in [-0.2, 0) is 5.75 Å². The summed E-state index contributed by atoms with van der Waals surface area (Å²) in [6.45, 7) is 10.4. The second-order valence-corrected chi connectivity index (χ2v) is 6.09. The predicted molar refractivity (Wildman–Crippen MR) is 90.8 cm³/mol. The Labute approximate surface area is 128 Å². The highest BCUT2D eigenvalue weighted by Crippen LogP contribution is 2.27. The van der Waals surface area contributed by atoms with Crippen LogP contribution in [0.5, 0.6) is 5.75 Å². The molecule has 0 fully saturated rings. The van der Waals surface area contributed by atoms with Crippen LogP contribution >= 0.6 is 11.8 Å². The maximum absolute atomic E-state index is 5.75. The normalized spacial score (nSPS) is 12.4. The molecule has 20 heavy (non-hydrogen) atoms. The minimum Gasteiger partial charge on any atom is -0.494 e. The first kappa shape index (κ1) is 17.4. The molecule has 114 valence electrons. The lowest BCUT2D eigenvalue weighted by Crippen LogP contribution is -2.17. The summed E-state index contributed by atoms with van der Waals surface area (Å²) in [5.74, 6) is 3.32. The van der Waals surface area contributed by atoms with E-state index in [-0.39, 0.29) is 0 Å². The Bertz CT molecular complexity index is 381. The first-order valence-corrected chi connectivity index (χ1v) is 8.95. The first-order chi connectivity index (χ1) is 9.72. The van der Waals surface area contributed by atoms with E-state index in [0.717, 1.165) is 24.7 Å². The van der Waals surface area contributed by atoms with Crippen LogP contribution in [-0.4, -0.2) is 18.9 Å². The number of unbranched alkanes of at least 4 members (excludes halogenated alkanes) is 1. The molecule has 1 unspecified atom stereocenters. The number of thioether (sulfide) groups is 1. The van der Waals surface area contributed by atoms with Gasteiger partial charge >= 0.3 is 0 Å². The monoisotopic (exact) mass is 295 g/mol. The van der Waals surface area contributed by atoms with E-state index in [1.807, 2.05) is 18.7 Å². The Morgan fingerprint density at radius 1 is 1.25 bits per heavy atom. The lowest BCUT2D eigenvalue weighted by atomic mass is 10.0. The largest absolute Gasteiger partial charge is 0.494 e. The number of hydrogen-bond donors (Lipinski definition) is 1. The molecule has 0 saturated carbocycles. The maximum Gasteiger partial charge on any atom is 0.123 e. The third-order valence-corrected chi connectivity index (χ3v) is 4.39. The van der Waals surface area contributed by atoms with Gasteiger partial charge in [0.15, 0.2) is 0 Å². The average Bonchev–Trinajstić information content (AvgIpc) is 2.45. The zero-order valence-electron chi connectivity index (χ0n) is 13.4. The van der Waals surface area contributed by atoms with E-state index in [1.54, 1.807) is 0 Å². The molecule has 0 aliphatic carbocycles. The smallest absolute Gasteiger partial charge is 0.123 e. The number of hydrogen-bond acceptors (Lipinski definition) is 3. The van der Waals surface area contributed by atoms with Crippen LogP contribution in [0.15, 0.2) is 18.2 Å². The van der Waals surface area contributed by atoms with Gasteiger partial charge in [-0.15, -0.1) is 0 Å². The highest BCUT2D eigenvalue weighted by atomic mass is 32.2. The van der Waals surface area contributed by atoms with Crippen molar-refractivity contribution in [2.75, 3.05) is 18.9 Å². The number of rotatable bonds is 10. The molecule has 2 nitrogen and oxygen atoms in total. The van der Waals surface area contributed by atoms with Crippen molar-refractivity contribution in [3.05, 3.63) is 29.3 Å². The van der Waals surface area contributed by atoms with Crippen LogP contribution in [0.2, 0.25) is 0 Å². The Kier molecular flexibility index (Phi) is 8.79. The standard InChI is InChI=1S/C17H29NOS/c1-5-8-11-20-13-16-12-15(14(4)18-6-2)9-10-17(16)19-7-3/h9-10,12,14,18H,5-8,11,13H2,1-4H3. The summed E-state index contributed by atoms with van der Waals surface area (Å²) >= 11 is 2.00. The van der Waals surface area contributed by atoms with Crippen molar-refractivity contribution in [1.29, 1.82) is 0 Å². The fraction of sp³-hybridized carbons (Fsp3) is 0.647. The quantitative estimate of drug-likeness (QED) is 0.627. The Hall–Kier alpha value is -0.670. The summed E-state index contributed by atoms with van der Waals surface area (Å²) in [7, 11) is 0. The fourth-order valence-electron chi connectivity index (χ4n) is 2.13. The molecule has 0 spiro atoms. The molecule has 0 aliphatic rings. The van der Waals surface area contributed by atoms with Crippen molar-refractivity contribution >= 4 is 11.8 Å². The van der Waals surface area contributed by atoms with Crippen LogP contribution in [0.3, 0.4) is 0 Å². The molecule has 0 amide bonds. The van der Waals surface area contributed by atoms with E-state index in [2.05, 4.69) is 44.3 Å². The summed E-state index contributed by atoms with van der Waals surface area (Å²) in [5.41, 5.74) is 2.68. The fourth-order valence-corrected chi connectivity index (χ4v) is 3.21. The van der Waals surface area contributed by atoms with Gasteiger partial charge in [-0.25, -0.2) is 0 Å². The topological polar surface area (TPSA) is 21.3 Å². The van der Waals surface area contributed by atoms with Crippen molar-refractivity contribution in [3.63, 3.8) is 0 Å². The highest BCUT2D eigenvalue weighted by molar-refractivity contribution is 7.98. The molecule has 1 atom stereocenters. The molecular weight excluding hydrogens is 266 g/mol. The summed E-state index contributed by atoms with van der Waals surface area (Å²) in [6.07, 6.45) is 2.56. The molecular formula is C17H29NOS. The van der Waals surface area contributed by atoms with E-state index in [9.17, 15) is 0 Å². The molecule has 1 N–H and O–H groups in total. The Morgan fingerprint density at radius 3 is 2.70 bits per heavy atom. The summed E-state index contributed by atoms with van der Waals surface area (Å²) < 4.78 is 5.75. The van der Waals surface area contributed by atoms with Crippen LogP contribution < -0.4 is 10.1 Å².